The number of hydrogen-bond acceptors (Lipinski definition) is 3. The molecule has 0 radical (unpaired) electrons. The van der Waals surface area contributed by atoms with Crippen molar-refractivity contribution in [2.24, 2.45) is 0 Å². The van der Waals surface area contributed by atoms with Crippen molar-refractivity contribution in [3.63, 3.8) is 0 Å². The lowest BCUT2D eigenvalue weighted by atomic mass is 10.1. The second-order valence-corrected chi connectivity index (χ2v) is 6.69. The van der Waals surface area contributed by atoms with E-state index in [0.29, 0.717) is 24.2 Å². The Kier molecular flexibility index (Phi) is 3.74. The first-order chi connectivity index (χ1) is 8.95. The van der Waals surface area contributed by atoms with E-state index in [9.17, 15) is 8.42 Å². The smallest absolute Gasteiger partial charge is 0.207 e. The molecule has 1 aromatic carbocycles. The van der Waals surface area contributed by atoms with Crippen LogP contribution in [0.1, 0.15) is 24.5 Å². The van der Waals surface area contributed by atoms with Gasteiger partial charge in [0.1, 0.15) is 0 Å². The van der Waals surface area contributed by atoms with Gasteiger partial charge in [0.25, 0.3) is 0 Å². The van der Waals surface area contributed by atoms with Crippen LogP contribution in [0.4, 0.5) is 0 Å². The zero-order valence-electron chi connectivity index (χ0n) is 11.0. The highest BCUT2D eigenvalue weighted by molar-refractivity contribution is 7.89. The van der Waals surface area contributed by atoms with E-state index in [1.54, 1.807) is 19.1 Å². The molecular formula is C14H16N2O2S. The summed E-state index contributed by atoms with van der Waals surface area (Å²) in [6.07, 6.45) is 2.71. The maximum Gasteiger partial charge on any atom is 0.243 e. The largest absolute Gasteiger partial charge is 0.243 e. The Morgan fingerprint density at radius 3 is 2.58 bits per heavy atom. The second kappa shape index (κ2) is 5.16. The van der Waals surface area contributed by atoms with Gasteiger partial charge in [-0.05, 0) is 44.0 Å². The zero-order valence-corrected chi connectivity index (χ0v) is 11.9. The summed E-state index contributed by atoms with van der Waals surface area (Å²) < 4.78 is 26.4. The number of nitrogens with zero attached hydrogens (tertiary/aromatic N) is 2. The molecule has 0 amide bonds. The fourth-order valence-corrected chi connectivity index (χ4v) is 3.51. The van der Waals surface area contributed by atoms with Crippen LogP contribution in [0.5, 0.6) is 0 Å². The quantitative estimate of drug-likeness (QED) is 0.778. The lowest BCUT2D eigenvalue weighted by molar-refractivity contribution is 0.431. The first-order valence-electron chi connectivity index (χ1n) is 6.11. The van der Waals surface area contributed by atoms with Crippen LogP contribution in [-0.4, -0.2) is 25.8 Å². The van der Waals surface area contributed by atoms with Gasteiger partial charge in [0.2, 0.25) is 10.0 Å². The Morgan fingerprint density at radius 2 is 2.05 bits per heavy atom. The van der Waals surface area contributed by atoms with Crippen LogP contribution in [-0.2, 0) is 10.0 Å². The van der Waals surface area contributed by atoms with Crippen LogP contribution < -0.4 is 0 Å². The van der Waals surface area contributed by atoms with Crippen molar-refractivity contribution < 1.29 is 8.42 Å². The topological polar surface area (TPSA) is 61.2 Å². The van der Waals surface area contributed by atoms with Crippen molar-refractivity contribution in [1.82, 2.24) is 4.31 Å². The molecule has 100 valence electrons. The van der Waals surface area contributed by atoms with Crippen LogP contribution in [0.25, 0.3) is 0 Å². The normalized spacial score (nSPS) is 16.8. The Labute approximate surface area is 114 Å². The summed E-state index contributed by atoms with van der Waals surface area (Å²) in [5.41, 5.74) is 2.42. The monoisotopic (exact) mass is 276 g/mol. The van der Waals surface area contributed by atoms with Crippen molar-refractivity contribution in [3.8, 4) is 6.07 Å². The van der Waals surface area contributed by atoms with Gasteiger partial charge in [-0.2, -0.15) is 9.57 Å². The van der Waals surface area contributed by atoms with E-state index < -0.39 is 10.0 Å². The minimum absolute atomic E-state index is 0.261. The van der Waals surface area contributed by atoms with Crippen LogP contribution in [0.2, 0.25) is 0 Å². The van der Waals surface area contributed by atoms with Gasteiger partial charge in [-0.15, -0.1) is 0 Å². The fourth-order valence-electron chi connectivity index (χ4n) is 2.04. The van der Waals surface area contributed by atoms with E-state index >= 15 is 0 Å². The number of nitriles is 1. The molecule has 1 heterocycles. The minimum Gasteiger partial charge on any atom is -0.207 e. The average molecular weight is 276 g/mol. The zero-order chi connectivity index (χ0) is 14.0. The summed E-state index contributed by atoms with van der Waals surface area (Å²) in [6, 6.07) is 6.68. The summed E-state index contributed by atoms with van der Waals surface area (Å²) in [7, 11) is -3.45. The van der Waals surface area contributed by atoms with Crippen LogP contribution in [0.15, 0.2) is 34.7 Å². The minimum atomic E-state index is -3.45. The maximum absolute atomic E-state index is 12.5. The standard InChI is InChI=1S/C14H16N2O2S/c1-11-5-7-16(8-6-11)19(17,18)14-4-3-13(10-15)12(2)9-14/h3-5,9H,6-8H2,1-2H3. The summed E-state index contributed by atoms with van der Waals surface area (Å²) in [4.78, 5) is 0.261. The number of sulfonamides is 1. The Morgan fingerprint density at radius 1 is 1.32 bits per heavy atom. The Balaban J connectivity index is 2.35. The number of rotatable bonds is 2. The van der Waals surface area contributed by atoms with Crippen molar-refractivity contribution in [2.45, 2.75) is 25.2 Å². The summed E-state index contributed by atoms with van der Waals surface area (Å²) in [6.45, 7) is 4.70. The molecule has 0 fully saturated rings. The molecule has 0 saturated heterocycles. The molecule has 2 rings (SSSR count). The molecule has 5 heteroatoms. The van der Waals surface area contributed by atoms with Gasteiger partial charge in [0.15, 0.2) is 0 Å². The van der Waals surface area contributed by atoms with Gasteiger partial charge in [-0.3, -0.25) is 0 Å². The molecule has 0 unspecified atom stereocenters. The molecule has 0 atom stereocenters. The molecule has 0 aliphatic carbocycles. The van der Waals surface area contributed by atoms with E-state index in [4.69, 9.17) is 5.26 Å². The van der Waals surface area contributed by atoms with E-state index in [0.717, 1.165) is 6.42 Å². The predicted octanol–water partition coefficient (Wildman–Crippen LogP) is 2.21. The van der Waals surface area contributed by atoms with E-state index in [-0.39, 0.29) is 4.90 Å². The molecule has 0 bridgehead atoms. The number of aryl methyl sites for hydroxylation is 1. The Hall–Kier alpha value is -1.64. The summed E-state index contributed by atoms with van der Waals surface area (Å²) in [5, 5.41) is 8.87. The molecule has 19 heavy (non-hydrogen) atoms. The van der Waals surface area contributed by atoms with Crippen molar-refractivity contribution in [3.05, 3.63) is 41.0 Å². The van der Waals surface area contributed by atoms with Crippen molar-refractivity contribution >= 4 is 10.0 Å². The highest BCUT2D eigenvalue weighted by atomic mass is 32.2. The van der Waals surface area contributed by atoms with Gasteiger partial charge in [-0.1, -0.05) is 11.6 Å². The molecule has 1 aliphatic heterocycles. The SMILES string of the molecule is CC1=CCN(S(=O)(=O)c2ccc(C#N)c(C)c2)CC1. The highest BCUT2D eigenvalue weighted by Crippen LogP contribution is 2.22. The first kappa shape index (κ1) is 13.8. The van der Waals surface area contributed by atoms with E-state index in [2.05, 4.69) is 0 Å². The van der Waals surface area contributed by atoms with Crippen molar-refractivity contribution in [1.29, 1.82) is 5.26 Å². The molecule has 1 aliphatic rings. The molecule has 0 aromatic heterocycles. The van der Waals surface area contributed by atoms with Gasteiger partial charge in [0.05, 0.1) is 16.5 Å². The average Bonchev–Trinajstić information content (AvgIpc) is 2.39. The molecule has 0 saturated carbocycles. The summed E-state index contributed by atoms with van der Waals surface area (Å²) >= 11 is 0. The fraction of sp³-hybridized carbons (Fsp3) is 0.357. The van der Waals surface area contributed by atoms with Crippen LogP contribution >= 0.6 is 0 Å². The van der Waals surface area contributed by atoms with Gasteiger partial charge in [0, 0.05) is 13.1 Å². The third-order valence-electron chi connectivity index (χ3n) is 3.36. The third-order valence-corrected chi connectivity index (χ3v) is 5.22. The van der Waals surface area contributed by atoms with Crippen molar-refractivity contribution in [2.75, 3.05) is 13.1 Å². The lowest BCUT2D eigenvalue weighted by Gasteiger charge is -2.25. The van der Waals surface area contributed by atoms with Gasteiger partial charge in [-0.25, -0.2) is 8.42 Å². The van der Waals surface area contributed by atoms with Gasteiger partial charge < -0.3 is 0 Å². The highest BCUT2D eigenvalue weighted by Gasteiger charge is 2.25. The molecule has 1 aromatic rings. The molecular weight excluding hydrogens is 260 g/mol. The van der Waals surface area contributed by atoms with Crippen LogP contribution in [0, 0.1) is 18.3 Å². The third kappa shape index (κ3) is 2.70. The van der Waals surface area contributed by atoms with E-state index in [1.165, 1.54) is 15.9 Å². The second-order valence-electron chi connectivity index (χ2n) is 4.75. The van der Waals surface area contributed by atoms with Crippen LogP contribution in [0.3, 0.4) is 0 Å². The number of hydrogen-bond donors (Lipinski definition) is 0. The summed E-state index contributed by atoms with van der Waals surface area (Å²) in [5.74, 6) is 0. The first-order valence-corrected chi connectivity index (χ1v) is 7.55. The molecule has 0 spiro atoms. The van der Waals surface area contributed by atoms with E-state index in [1.807, 2.05) is 19.1 Å². The lowest BCUT2D eigenvalue weighted by Crippen LogP contribution is -2.34. The van der Waals surface area contributed by atoms with Gasteiger partial charge >= 0.3 is 0 Å². The predicted molar refractivity (Wildman–Crippen MR) is 73.0 cm³/mol. The molecule has 4 nitrogen and oxygen atoms in total. The molecule has 0 N–H and O–H groups in total. The maximum atomic E-state index is 12.5. The number of benzene rings is 1. The Bertz CT molecular complexity index is 669.